The predicted molar refractivity (Wildman–Crippen MR) is 76.3 cm³/mol. The van der Waals surface area contributed by atoms with Crippen LogP contribution in [0, 0.1) is 18.3 Å². The van der Waals surface area contributed by atoms with Crippen LogP contribution in [0.4, 0.5) is 5.69 Å². The molecule has 0 radical (unpaired) electrons. The molecule has 0 aromatic heterocycles. The minimum absolute atomic E-state index is 0.713. The Kier molecular flexibility index (Phi) is 3.91. The van der Waals surface area contributed by atoms with Gasteiger partial charge in [0.05, 0.1) is 11.6 Å². The number of thioether (sulfide) groups is 1. The Balaban J connectivity index is 2.09. The first-order valence-corrected chi connectivity index (χ1v) is 6.65. The predicted octanol–water partition coefficient (Wildman–Crippen LogP) is 3.74. The lowest BCUT2D eigenvalue weighted by atomic mass is 10.1. The average Bonchev–Trinajstić information content (AvgIpc) is 2.37. The van der Waals surface area contributed by atoms with Crippen LogP contribution in [-0.4, -0.2) is 0 Å². The summed E-state index contributed by atoms with van der Waals surface area (Å²) in [6, 6.07) is 15.8. The van der Waals surface area contributed by atoms with Gasteiger partial charge in [0.15, 0.2) is 0 Å². The number of aryl methyl sites for hydroxylation is 1. The van der Waals surface area contributed by atoms with Crippen molar-refractivity contribution in [3.05, 3.63) is 59.2 Å². The third kappa shape index (κ3) is 3.06. The molecule has 0 atom stereocenters. The number of rotatable bonds is 3. The zero-order valence-corrected chi connectivity index (χ0v) is 11.0. The monoisotopic (exact) mass is 254 g/mol. The average molecular weight is 254 g/mol. The summed E-state index contributed by atoms with van der Waals surface area (Å²) in [5.74, 6) is 0.890. The number of nitrogens with two attached hydrogens (primary N) is 1. The Morgan fingerprint density at radius 1 is 1.22 bits per heavy atom. The zero-order chi connectivity index (χ0) is 13.0. The number of hydrogen-bond donors (Lipinski definition) is 1. The molecule has 2 rings (SSSR count). The number of benzene rings is 2. The van der Waals surface area contributed by atoms with Crippen LogP contribution in [0.3, 0.4) is 0 Å². The molecule has 0 saturated heterocycles. The van der Waals surface area contributed by atoms with Gasteiger partial charge in [0.25, 0.3) is 0 Å². The van der Waals surface area contributed by atoms with E-state index in [1.54, 1.807) is 11.8 Å². The smallest absolute Gasteiger partial charge is 0.0991 e. The van der Waals surface area contributed by atoms with Crippen LogP contribution in [0.25, 0.3) is 0 Å². The summed E-state index contributed by atoms with van der Waals surface area (Å²) >= 11 is 1.75. The molecule has 3 heteroatoms. The van der Waals surface area contributed by atoms with Crippen LogP contribution in [0.15, 0.2) is 47.4 Å². The van der Waals surface area contributed by atoms with Crippen LogP contribution < -0.4 is 5.73 Å². The molecule has 0 amide bonds. The van der Waals surface area contributed by atoms with Gasteiger partial charge in [-0.05, 0) is 48.4 Å². The van der Waals surface area contributed by atoms with Crippen molar-refractivity contribution in [1.82, 2.24) is 0 Å². The molecule has 0 aliphatic rings. The van der Waals surface area contributed by atoms with Crippen molar-refractivity contribution >= 4 is 17.4 Å². The van der Waals surface area contributed by atoms with Crippen LogP contribution in [0.1, 0.15) is 16.7 Å². The van der Waals surface area contributed by atoms with Crippen molar-refractivity contribution in [3.8, 4) is 6.07 Å². The molecular weight excluding hydrogens is 240 g/mol. The fraction of sp³-hybridized carbons (Fsp3) is 0.133. The highest BCUT2D eigenvalue weighted by atomic mass is 32.2. The zero-order valence-electron chi connectivity index (χ0n) is 10.2. The molecule has 0 unspecified atom stereocenters. The number of nitrogen functional groups attached to an aromatic ring is 1. The Hall–Kier alpha value is -1.92. The number of nitriles is 1. The number of nitrogens with zero attached hydrogens (tertiary/aromatic N) is 1. The summed E-state index contributed by atoms with van der Waals surface area (Å²) in [7, 11) is 0. The van der Waals surface area contributed by atoms with Crippen LogP contribution in [0.2, 0.25) is 0 Å². The van der Waals surface area contributed by atoms with Gasteiger partial charge in [-0.2, -0.15) is 5.26 Å². The van der Waals surface area contributed by atoms with E-state index in [2.05, 4.69) is 12.1 Å². The van der Waals surface area contributed by atoms with Crippen LogP contribution in [0.5, 0.6) is 0 Å². The number of hydrogen-bond acceptors (Lipinski definition) is 3. The van der Waals surface area contributed by atoms with Crippen molar-refractivity contribution < 1.29 is 0 Å². The van der Waals surface area contributed by atoms with Crippen molar-refractivity contribution in [2.24, 2.45) is 0 Å². The summed E-state index contributed by atoms with van der Waals surface area (Å²) < 4.78 is 0. The van der Waals surface area contributed by atoms with E-state index in [1.807, 2.05) is 43.3 Å². The molecule has 0 heterocycles. The molecule has 2 aromatic carbocycles. The largest absolute Gasteiger partial charge is 0.399 e. The summed E-state index contributed by atoms with van der Waals surface area (Å²) in [4.78, 5) is 1.17. The first-order chi connectivity index (χ1) is 8.69. The Morgan fingerprint density at radius 3 is 2.72 bits per heavy atom. The summed E-state index contributed by atoms with van der Waals surface area (Å²) in [5.41, 5.74) is 9.66. The molecule has 2 aromatic rings. The van der Waals surface area contributed by atoms with E-state index in [9.17, 15) is 0 Å². The fourth-order valence-corrected chi connectivity index (χ4v) is 2.73. The van der Waals surface area contributed by atoms with E-state index in [1.165, 1.54) is 10.5 Å². The highest BCUT2D eigenvalue weighted by molar-refractivity contribution is 7.98. The van der Waals surface area contributed by atoms with E-state index in [-0.39, 0.29) is 0 Å². The highest BCUT2D eigenvalue weighted by Crippen LogP contribution is 2.25. The molecule has 18 heavy (non-hydrogen) atoms. The van der Waals surface area contributed by atoms with E-state index in [0.717, 1.165) is 17.0 Å². The van der Waals surface area contributed by atoms with Crippen molar-refractivity contribution in [3.63, 3.8) is 0 Å². The highest BCUT2D eigenvalue weighted by Gasteiger charge is 2.01. The third-order valence-electron chi connectivity index (χ3n) is 2.72. The molecule has 2 N–H and O–H groups in total. The van der Waals surface area contributed by atoms with Gasteiger partial charge in [0.2, 0.25) is 0 Å². The fourth-order valence-electron chi connectivity index (χ4n) is 1.69. The molecular formula is C15H14N2S. The van der Waals surface area contributed by atoms with Crippen LogP contribution in [-0.2, 0) is 5.75 Å². The maximum atomic E-state index is 8.82. The summed E-state index contributed by atoms with van der Waals surface area (Å²) in [6.45, 7) is 2.04. The lowest BCUT2D eigenvalue weighted by Gasteiger charge is -2.06. The third-order valence-corrected chi connectivity index (χ3v) is 3.77. The van der Waals surface area contributed by atoms with E-state index < -0.39 is 0 Å². The topological polar surface area (TPSA) is 49.8 Å². The molecule has 0 bridgehead atoms. The van der Waals surface area contributed by atoms with Crippen molar-refractivity contribution in [2.75, 3.05) is 5.73 Å². The molecule has 0 aliphatic heterocycles. The normalized spacial score (nSPS) is 10.0. The Bertz CT molecular complexity index is 600. The second kappa shape index (κ2) is 5.61. The standard InChI is InChI=1S/C15H14N2S/c1-11-7-12(9-16)5-6-13(11)10-18-15-4-2-3-14(17)8-15/h2-8H,10,17H2,1H3. The van der Waals surface area contributed by atoms with Gasteiger partial charge in [-0.15, -0.1) is 11.8 Å². The second-order valence-electron chi connectivity index (χ2n) is 4.11. The molecule has 0 spiro atoms. The molecule has 2 nitrogen and oxygen atoms in total. The van der Waals surface area contributed by atoms with E-state index in [4.69, 9.17) is 11.0 Å². The minimum Gasteiger partial charge on any atom is -0.399 e. The van der Waals surface area contributed by atoms with Crippen LogP contribution >= 0.6 is 11.8 Å². The molecule has 0 saturated carbocycles. The van der Waals surface area contributed by atoms with Gasteiger partial charge in [0.1, 0.15) is 0 Å². The lowest BCUT2D eigenvalue weighted by molar-refractivity contribution is 1.29. The van der Waals surface area contributed by atoms with Gasteiger partial charge in [-0.1, -0.05) is 12.1 Å². The van der Waals surface area contributed by atoms with Crippen molar-refractivity contribution in [2.45, 2.75) is 17.6 Å². The first-order valence-electron chi connectivity index (χ1n) is 5.67. The SMILES string of the molecule is Cc1cc(C#N)ccc1CSc1cccc(N)c1. The second-order valence-corrected chi connectivity index (χ2v) is 5.16. The van der Waals surface area contributed by atoms with E-state index >= 15 is 0 Å². The maximum absolute atomic E-state index is 8.82. The van der Waals surface area contributed by atoms with Gasteiger partial charge in [0, 0.05) is 16.3 Å². The summed E-state index contributed by atoms with van der Waals surface area (Å²) in [5, 5.41) is 8.82. The van der Waals surface area contributed by atoms with Gasteiger partial charge < -0.3 is 5.73 Å². The Labute approximate surface area is 111 Å². The van der Waals surface area contributed by atoms with Crippen molar-refractivity contribution in [1.29, 1.82) is 5.26 Å². The molecule has 90 valence electrons. The first kappa shape index (κ1) is 12.5. The van der Waals surface area contributed by atoms with E-state index in [0.29, 0.717) is 5.56 Å². The van der Waals surface area contributed by atoms with Gasteiger partial charge in [-0.3, -0.25) is 0 Å². The Morgan fingerprint density at radius 2 is 2.06 bits per heavy atom. The van der Waals surface area contributed by atoms with Gasteiger partial charge >= 0.3 is 0 Å². The lowest BCUT2D eigenvalue weighted by Crippen LogP contribution is -1.89. The number of anilines is 1. The molecule has 0 aliphatic carbocycles. The maximum Gasteiger partial charge on any atom is 0.0991 e. The quantitative estimate of drug-likeness (QED) is 0.670. The molecule has 0 fully saturated rings. The summed E-state index contributed by atoms with van der Waals surface area (Å²) in [6.07, 6.45) is 0. The van der Waals surface area contributed by atoms with Gasteiger partial charge in [-0.25, -0.2) is 0 Å². The minimum atomic E-state index is 0.713.